The fourth-order valence-electron chi connectivity index (χ4n) is 10.1. The Kier molecular flexibility index (Phi) is 64.7. The van der Waals surface area contributed by atoms with Crippen LogP contribution in [-0.4, -0.2) is 37.2 Å². The number of hydrogen-bond donors (Lipinski definition) is 0. The molecule has 0 aliphatic carbocycles. The van der Waals surface area contributed by atoms with Gasteiger partial charge in [0.1, 0.15) is 13.2 Å². The van der Waals surface area contributed by atoms with Gasteiger partial charge in [-0.3, -0.25) is 14.4 Å². The minimum absolute atomic E-state index is 0.0849. The molecule has 0 fully saturated rings. The normalized spacial score (nSPS) is 12.5. The Morgan fingerprint density at radius 1 is 0.266 bits per heavy atom. The lowest BCUT2D eigenvalue weighted by Crippen LogP contribution is -2.30. The van der Waals surface area contributed by atoms with Crippen molar-refractivity contribution in [3.63, 3.8) is 0 Å². The number of esters is 3. The fraction of sp³-hybridized carbons (Fsp3) is 0.795. The SMILES string of the molecule is CC/C=C\C/C=C\C/C=C\C/C=C\C/C=C\CCCCCC(=O)OC(COC(=O)CCCCCCCCCCCCCCCCC)COC(=O)CCCCCCCCCCCCCCCCC/C=C\CCCCCCCCCC. The van der Waals surface area contributed by atoms with E-state index in [1.165, 1.54) is 218 Å². The number of ether oxygens (including phenoxy) is 3. The molecule has 6 nitrogen and oxygen atoms in total. The summed E-state index contributed by atoms with van der Waals surface area (Å²) in [6.07, 6.45) is 87.8. The topological polar surface area (TPSA) is 78.9 Å². The van der Waals surface area contributed by atoms with Crippen LogP contribution in [0.5, 0.6) is 0 Å². The van der Waals surface area contributed by atoms with E-state index in [1.807, 2.05) is 0 Å². The van der Waals surface area contributed by atoms with E-state index < -0.39 is 6.10 Å². The van der Waals surface area contributed by atoms with Gasteiger partial charge in [0.05, 0.1) is 0 Å². The maximum atomic E-state index is 12.9. The standard InChI is InChI=1S/C73H130O6/c1-4-7-10-13-16-19-22-25-28-30-32-33-34-35-36-37-38-39-41-42-45-48-51-54-57-60-63-66-72(75)78-69-70(68-77-71(74)65-62-59-56-53-50-47-44-27-24-21-18-15-12-9-6-3)79-73(76)67-64-61-58-55-52-49-46-43-40-31-29-26-23-20-17-14-11-8-5-2/h8,11,17,20,26,29-30,32,40,43,49,52,70H,4-7,9-10,12-16,18-19,21-25,27-28,31,33-39,41-42,44-48,50-51,53-69H2,1-3H3/b11-8-,20-17-,29-26-,32-30-,43-40-,52-49-. The third-order valence-electron chi connectivity index (χ3n) is 15.2. The van der Waals surface area contributed by atoms with E-state index in [0.717, 1.165) is 96.3 Å². The Balaban J connectivity index is 4.31. The van der Waals surface area contributed by atoms with Crippen LogP contribution in [0.15, 0.2) is 72.9 Å². The first-order valence-electron chi connectivity index (χ1n) is 34.4. The second-order valence-corrected chi connectivity index (χ2v) is 23.1. The number of hydrogen-bond acceptors (Lipinski definition) is 6. The van der Waals surface area contributed by atoms with Crippen molar-refractivity contribution in [2.75, 3.05) is 13.2 Å². The molecule has 1 unspecified atom stereocenters. The smallest absolute Gasteiger partial charge is 0.306 e. The molecule has 79 heavy (non-hydrogen) atoms. The van der Waals surface area contributed by atoms with Crippen LogP contribution in [0.25, 0.3) is 0 Å². The fourth-order valence-corrected chi connectivity index (χ4v) is 10.1. The van der Waals surface area contributed by atoms with Crippen LogP contribution in [0.2, 0.25) is 0 Å². The monoisotopic (exact) mass is 1100 g/mol. The number of carbonyl (C=O) groups excluding carboxylic acids is 3. The van der Waals surface area contributed by atoms with Crippen LogP contribution in [-0.2, 0) is 28.6 Å². The highest BCUT2D eigenvalue weighted by Crippen LogP contribution is 2.18. The van der Waals surface area contributed by atoms with Crippen molar-refractivity contribution in [2.45, 2.75) is 361 Å². The molecule has 0 radical (unpaired) electrons. The summed E-state index contributed by atoms with van der Waals surface area (Å²) < 4.78 is 16.9. The number of rotatable bonds is 63. The zero-order chi connectivity index (χ0) is 57.1. The molecule has 6 heteroatoms. The molecule has 0 aromatic heterocycles. The van der Waals surface area contributed by atoms with Crippen molar-refractivity contribution in [1.29, 1.82) is 0 Å². The summed E-state index contributed by atoms with van der Waals surface area (Å²) >= 11 is 0. The van der Waals surface area contributed by atoms with Crippen LogP contribution in [0, 0.1) is 0 Å². The van der Waals surface area contributed by atoms with Crippen LogP contribution in [0.4, 0.5) is 0 Å². The molecule has 458 valence electrons. The van der Waals surface area contributed by atoms with Gasteiger partial charge in [-0.15, -0.1) is 0 Å². The summed E-state index contributed by atoms with van der Waals surface area (Å²) in [5.74, 6) is -0.897. The molecule has 0 N–H and O–H groups in total. The van der Waals surface area contributed by atoms with Gasteiger partial charge in [0.15, 0.2) is 6.10 Å². The molecule has 0 heterocycles. The Hall–Kier alpha value is -3.15. The minimum Gasteiger partial charge on any atom is -0.462 e. The second-order valence-electron chi connectivity index (χ2n) is 23.1. The van der Waals surface area contributed by atoms with E-state index in [-0.39, 0.29) is 31.1 Å². The number of carbonyl (C=O) groups is 3. The predicted molar refractivity (Wildman–Crippen MR) is 344 cm³/mol. The molecule has 1 atom stereocenters. The molecule has 0 aromatic rings. The van der Waals surface area contributed by atoms with Crippen molar-refractivity contribution >= 4 is 17.9 Å². The van der Waals surface area contributed by atoms with Gasteiger partial charge in [0, 0.05) is 19.3 Å². The van der Waals surface area contributed by atoms with E-state index in [4.69, 9.17) is 14.2 Å². The predicted octanol–water partition coefficient (Wildman–Crippen LogP) is 23.7. The molecule has 0 bridgehead atoms. The average molecular weight is 1100 g/mol. The summed E-state index contributed by atoms with van der Waals surface area (Å²) in [6, 6.07) is 0. The van der Waals surface area contributed by atoms with Crippen LogP contribution in [0.3, 0.4) is 0 Å². The third-order valence-corrected chi connectivity index (χ3v) is 15.2. The molecule has 0 saturated carbocycles. The van der Waals surface area contributed by atoms with Crippen LogP contribution >= 0.6 is 0 Å². The Morgan fingerprint density at radius 3 is 0.797 bits per heavy atom. The van der Waals surface area contributed by atoms with Gasteiger partial charge in [-0.05, 0) is 89.9 Å². The Labute approximate surface area is 491 Å². The molecule has 0 spiro atoms. The highest BCUT2D eigenvalue weighted by atomic mass is 16.6. The van der Waals surface area contributed by atoms with Crippen LogP contribution < -0.4 is 0 Å². The first-order valence-corrected chi connectivity index (χ1v) is 34.4. The van der Waals surface area contributed by atoms with Crippen LogP contribution in [0.1, 0.15) is 355 Å². The first-order chi connectivity index (χ1) is 39.0. The zero-order valence-electron chi connectivity index (χ0n) is 52.6. The maximum absolute atomic E-state index is 12.9. The van der Waals surface area contributed by atoms with Gasteiger partial charge in [-0.2, -0.15) is 0 Å². The van der Waals surface area contributed by atoms with E-state index in [2.05, 4.69) is 93.7 Å². The van der Waals surface area contributed by atoms with Gasteiger partial charge in [0.25, 0.3) is 0 Å². The quantitative estimate of drug-likeness (QED) is 0.0261. The highest BCUT2D eigenvalue weighted by Gasteiger charge is 2.19. The Bertz CT molecular complexity index is 1450. The molecular weight excluding hydrogens is 973 g/mol. The van der Waals surface area contributed by atoms with Crippen molar-refractivity contribution in [2.24, 2.45) is 0 Å². The van der Waals surface area contributed by atoms with Gasteiger partial charge < -0.3 is 14.2 Å². The van der Waals surface area contributed by atoms with Gasteiger partial charge in [0.2, 0.25) is 0 Å². The molecule has 0 aromatic carbocycles. The zero-order valence-corrected chi connectivity index (χ0v) is 52.6. The van der Waals surface area contributed by atoms with E-state index in [9.17, 15) is 14.4 Å². The maximum Gasteiger partial charge on any atom is 0.306 e. The second kappa shape index (κ2) is 67.4. The highest BCUT2D eigenvalue weighted by molar-refractivity contribution is 5.71. The van der Waals surface area contributed by atoms with Gasteiger partial charge >= 0.3 is 17.9 Å². The minimum atomic E-state index is -0.792. The van der Waals surface area contributed by atoms with Crippen molar-refractivity contribution in [3.05, 3.63) is 72.9 Å². The lowest BCUT2D eigenvalue weighted by Gasteiger charge is -2.18. The summed E-state index contributed by atoms with van der Waals surface area (Å²) in [4.78, 5) is 38.4. The first kappa shape index (κ1) is 75.8. The summed E-state index contributed by atoms with van der Waals surface area (Å²) in [5.41, 5.74) is 0. The van der Waals surface area contributed by atoms with E-state index in [1.54, 1.807) is 0 Å². The molecule has 0 saturated heterocycles. The average Bonchev–Trinajstić information content (AvgIpc) is 3.45. The largest absolute Gasteiger partial charge is 0.462 e. The number of unbranched alkanes of at least 4 members (excludes halogenated alkanes) is 40. The molecule has 0 rings (SSSR count). The van der Waals surface area contributed by atoms with Gasteiger partial charge in [-0.1, -0.05) is 318 Å². The van der Waals surface area contributed by atoms with Crippen molar-refractivity contribution in [1.82, 2.24) is 0 Å². The molecule has 0 aliphatic heterocycles. The molecular formula is C73H130O6. The van der Waals surface area contributed by atoms with Crippen molar-refractivity contribution in [3.8, 4) is 0 Å². The summed E-state index contributed by atoms with van der Waals surface area (Å²) in [7, 11) is 0. The van der Waals surface area contributed by atoms with Gasteiger partial charge in [-0.25, -0.2) is 0 Å². The summed E-state index contributed by atoms with van der Waals surface area (Å²) in [6.45, 7) is 6.55. The lowest BCUT2D eigenvalue weighted by molar-refractivity contribution is -0.167. The third kappa shape index (κ3) is 65.5. The Morgan fingerprint density at radius 2 is 0.494 bits per heavy atom. The lowest BCUT2D eigenvalue weighted by atomic mass is 10.0. The molecule has 0 amide bonds. The van der Waals surface area contributed by atoms with Crippen molar-refractivity contribution < 1.29 is 28.6 Å². The van der Waals surface area contributed by atoms with E-state index >= 15 is 0 Å². The number of allylic oxidation sites excluding steroid dienone is 12. The summed E-state index contributed by atoms with van der Waals surface area (Å²) in [5, 5.41) is 0. The molecule has 0 aliphatic rings. The van der Waals surface area contributed by atoms with E-state index in [0.29, 0.717) is 19.3 Å².